The van der Waals surface area contributed by atoms with Gasteiger partial charge in [-0.05, 0) is 24.8 Å². The lowest BCUT2D eigenvalue weighted by atomic mass is 9.89. The van der Waals surface area contributed by atoms with E-state index in [1.807, 2.05) is 11.9 Å². The van der Waals surface area contributed by atoms with Crippen molar-refractivity contribution in [3.8, 4) is 0 Å². The van der Waals surface area contributed by atoms with Crippen LogP contribution in [-0.2, 0) is 0 Å². The Morgan fingerprint density at radius 2 is 2.16 bits per heavy atom. The van der Waals surface area contributed by atoms with Crippen molar-refractivity contribution < 1.29 is 9.90 Å². The number of nitrogen functional groups attached to an aromatic ring is 1. The Morgan fingerprint density at radius 3 is 2.79 bits per heavy atom. The number of nitrogens with zero attached hydrogens (tertiary/aromatic N) is 2. The van der Waals surface area contributed by atoms with E-state index in [9.17, 15) is 4.79 Å². The molecule has 0 bridgehead atoms. The van der Waals surface area contributed by atoms with Crippen LogP contribution in [0.25, 0.3) is 0 Å². The van der Waals surface area contributed by atoms with Crippen LogP contribution < -0.4 is 10.6 Å². The number of anilines is 2. The second-order valence-corrected chi connectivity index (χ2v) is 5.29. The molecule has 3 N–H and O–H groups in total. The zero-order valence-corrected chi connectivity index (χ0v) is 11.3. The van der Waals surface area contributed by atoms with E-state index >= 15 is 0 Å². The van der Waals surface area contributed by atoms with E-state index in [2.05, 4.69) is 4.98 Å². The van der Waals surface area contributed by atoms with Gasteiger partial charge in [0.25, 0.3) is 0 Å². The first-order valence-corrected chi connectivity index (χ1v) is 6.78. The Bertz CT molecular complexity index is 456. The maximum atomic E-state index is 11.1. The highest BCUT2D eigenvalue weighted by Gasteiger charge is 2.19. The predicted octanol–water partition coefficient (Wildman–Crippen LogP) is 2.38. The van der Waals surface area contributed by atoms with Gasteiger partial charge in [0.1, 0.15) is 0 Å². The van der Waals surface area contributed by atoms with E-state index in [4.69, 9.17) is 10.8 Å². The normalized spacial score (nSPS) is 16.3. The Balaban J connectivity index is 2.12. The molecule has 0 spiro atoms. The summed E-state index contributed by atoms with van der Waals surface area (Å²) in [6.45, 7) is 0.889. The fourth-order valence-corrected chi connectivity index (χ4v) is 2.80. The molecule has 0 unspecified atom stereocenters. The number of aromatic nitrogens is 1. The van der Waals surface area contributed by atoms with Crippen LogP contribution in [0.4, 0.5) is 11.5 Å². The molecular weight excluding hydrogens is 242 g/mol. The number of carbonyl (C=O) groups is 1. The number of rotatable bonds is 4. The Morgan fingerprint density at radius 1 is 1.47 bits per heavy atom. The number of hydrogen-bond donors (Lipinski definition) is 2. The highest BCUT2D eigenvalue weighted by atomic mass is 16.4. The zero-order valence-electron chi connectivity index (χ0n) is 11.3. The topological polar surface area (TPSA) is 79.5 Å². The molecule has 5 heteroatoms. The summed E-state index contributed by atoms with van der Waals surface area (Å²) in [5.74, 6) is 0.228. The van der Waals surface area contributed by atoms with Gasteiger partial charge in [-0.15, -0.1) is 0 Å². The summed E-state index contributed by atoms with van der Waals surface area (Å²) in [6.07, 6.45) is 7.89. The molecule has 0 atom stereocenters. The van der Waals surface area contributed by atoms with Crippen LogP contribution in [0.3, 0.4) is 0 Å². The van der Waals surface area contributed by atoms with E-state index in [-0.39, 0.29) is 11.3 Å². The summed E-state index contributed by atoms with van der Waals surface area (Å²) in [7, 11) is 1.93. The molecule has 1 heterocycles. The minimum absolute atomic E-state index is 0.125. The molecular formula is C14H21N3O2. The highest BCUT2D eigenvalue weighted by molar-refractivity contribution is 5.96. The molecule has 1 saturated carbocycles. The average Bonchev–Trinajstić information content (AvgIpc) is 2.39. The van der Waals surface area contributed by atoms with Crippen molar-refractivity contribution in [2.75, 3.05) is 24.2 Å². The van der Waals surface area contributed by atoms with Crippen molar-refractivity contribution in [2.24, 2.45) is 5.92 Å². The second kappa shape index (κ2) is 5.91. The van der Waals surface area contributed by atoms with Crippen molar-refractivity contribution in [3.05, 3.63) is 17.8 Å². The van der Waals surface area contributed by atoms with Gasteiger partial charge in [-0.2, -0.15) is 0 Å². The average molecular weight is 263 g/mol. The van der Waals surface area contributed by atoms with E-state index < -0.39 is 5.97 Å². The molecule has 1 fully saturated rings. The Kier molecular flexibility index (Phi) is 4.24. The molecule has 19 heavy (non-hydrogen) atoms. The third kappa shape index (κ3) is 3.16. The summed E-state index contributed by atoms with van der Waals surface area (Å²) >= 11 is 0. The zero-order chi connectivity index (χ0) is 13.8. The minimum atomic E-state index is -1.01. The fourth-order valence-electron chi connectivity index (χ4n) is 2.80. The molecule has 0 aromatic carbocycles. The lowest BCUT2D eigenvalue weighted by Gasteiger charge is -2.28. The van der Waals surface area contributed by atoms with Crippen molar-refractivity contribution in [1.29, 1.82) is 0 Å². The molecule has 5 nitrogen and oxygen atoms in total. The van der Waals surface area contributed by atoms with Gasteiger partial charge in [-0.25, -0.2) is 9.78 Å². The van der Waals surface area contributed by atoms with Gasteiger partial charge >= 0.3 is 5.97 Å². The molecule has 2 rings (SSSR count). The molecule has 0 radical (unpaired) electrons. The number of hydrogen-bond acceptors (Lipinski definition) is 4. The molecule has 1 aliphatic rings. The standard InChI is InChI=1S/C14H21N3O2/c1-17(9-10-5-3-2-4-6-10)13-12(15)11(14(18)19)7-8-16-13/h7-8,10H,2-6,9,15H2,1H3,(H,18,19). The smallest absolute Gasteiger partial charge is 0.337 e. The first-order valence-electron chi connectivity index (χ1n) is 6.78. The molecule has 0 aliphatic heterocycles. The summed E-state index contributed by atoms with van der Waals surface area (Å²) < 4.78 is 0. The van der Waals surface area contributed by atoms with Crippen LogP contribution in [-0.4, -0.2) is 29.7 Å². The van der Waals surface area contributed by atoms with Crippen molar-refractivity contribution in [2.45, 2.75) is 32.1 Å². The molecule has 1 aromatic rings. The van der Waals surface area contributed by atoms with Gasteiger partial charge < -0.3 is 15.7 Å². The van der Waals surface area contributed by atoms with Gasteiger partial charge in [0.15, 0.2) is 5.82 Å². The molecule has 104 valence electrons. The fraction of sp³-hybridized carbons (Fsp3) is 0.571. The van der Waals surface area contributed by atoms with Crippen LogP contribution in [0, 0.1) is 5.92 Å². The first-order chi connectivity index (χ1) is 9.09. The van der Waals surface area contributed by atoms with Crippen LogP contribution in [0.1, 0.15) is 42.5 Å². The molecule has 1 aromatic heterocycles. The Hall–Kier alpha value is -1.78. The molecule has 0 amide bonds. The maximum absolute atomic E-state index is 11.1. The number of pyridine rings is 1. The van der Waals surface area contributed by atoms with Gasteiger partial charge in [0.2, 0.25) is 0 Å². The number of aromatic carboxylic acids is 1. The molecule has 1 aliphatic carbocycles. The van der Waals surface area contributed by atoms with Crippen LogP contribution in [0.15, 0.2) is 12.3 Å². The highest BCUT2D eigenvalue weighted by Crippen LogP contribution is 2.28. The quantitative estimate of drug-likeness (QED) is 0.871. The number of carboxylic acid groups (broad SMARTS) is 1. The molecule has 0 saturated heterocycles. The third-order valence-corrected chi connectivity index (χ3v) is 3.82. The van der Waals surface area contributed by atoms with Gasteiger partial charge in [-0.3, -0.25) is 0 Å². The SMILES string of the molecule is CN(CC1CCCCC1)c1nccc(C(=O)O)c1N. The van der Waals surface area contributed by atoms with Crippen LogP contribution >= 0.6 is 0 Å². The van der Waals surface area contributed by atoms with E-state index in [1.54, 1.807) is 0 Å². The van der Waals surface area contributed by atoms with Gasteiger partial charge in [0, 0.05) is 19.8 Å². The van der Waals surface area contributed by atoms with Crippen LogP contribution in [0.2, 0.25) is 0 Å². The van der Waals surface area contributed by atoms with E-state index in [0.29, 0.717) is 11.7 Å². The monoisotopic (exact) mass is 263 g/mol. The summed E-state index contributed by atoms with van der Waals surface area (Å²) in [5.41, 5.74) is 6.29. The van der Waals surface area contributed by atoms with E-state index in [0.717, 1.165) is 6.54 Å². The largest absolute Gasteiger partial charge is 0.478 e. The van der Waals surface area contributed by atoms with Crippen molar-refractivity contribution >= 4 is 17.5 Å². The number of nitrogens with two attached hydrogens (primary N) is 1. The lowest BCUT2D eigenvalue weighted by molar-refractivity contribution is 0.0698. The van der Waals surface area contributed by atoms with E-state index in [1.165, 1.54) is 44.4 Å². The maximum Gasteiger partial charge on any atom is 0.337 e. The summed E-state index contributed by atoms with van der Waals surface area (Å²) in [5, 5.41) is 9.07. The summed E-state index contributed by atoms with van der Waals surface area (Å²) in [6, 6.07) is 1.44. The summed E-state index contributed by atoms with van der Waals surface area (Å²) in [4.78, 5) is 17.3. The van der Waals surface area contributed by atoms with Crippen molar-refractivity contribution in [1.82, 2.24) is 4.98 Å². The van der Waals surface area contributed by atoms with Crippen molar-refractivity contribution in [3.63, 3.8) is 0 Å². The lowest BCUT2D eigenvalue weighted by Crippen LogP contribution is -2.28. The Labute approximate surface area is 113 Å². The third-order valence-electron chi connectivity index (χ3n) is 3.82. The predicted molar refractivity (Wildman–Crippen MR) is 75.5 cm³/mol. The minimum Gasteiger partial charge on any atom is -0.478 e. The second-order valence-electron chi connectivity index (χ2n) is 5.29. The first kappa shape index (κ1) is 13.6. The number of carboxylic acids is 1. The van der Waals surface area contributed by atoms with Crippen LogP contribution in [0.5, 0.6) is 0 Å². The van der Waals surface area contributed by atoms with Gasteiger partial charge in [-0.1, -0.05) is 19.3 Å². The van der Waals surface area contributed by atoms with Gasteiger partial charge in [0.05, 0.1) is 11.3 Å².